The van der Waals surface area contributed by atoms with Gasteiger partial charge < -0.3 is 5.32 Å². The number of halogens is 1. The van der Waals surface area contributed by atoms with Crippen molar-refractivity contribution in [2.24, 2.45) is 0 Å². The molecule has 0 aliphatic carbocycles. The monoisotopic (exact) mass is 374 g/mol. The maximum atomic E-state index is 13.1. The second-order valence-corrected chi connectivity index (χ2v) is 7.58. The van der Waals surface area contributed by atoms with Crippen molar-refractivity contribution in [1.29, 1.82) is 0 Å². The number of anilines is 1. The third-order valence-corrected chi connectivity index (χ3v) is 5.28. The van der Waals surface area contributed by atoms with Crippen molar-refractivity contribution < 1.29 is 13.4 Å². The summed E-state index contributed by atoms with van der Waals surface area (Å²) in [5.41, 5.74) is 1.12. The van der Waals surface area contributed by atoms with Gasteiger partial charge in [0, 0.05) is 39.1 Å². The third kappa shape index (κ3) is 4.18. The van der Waals surface area contributed by atoms with Gasteiger partial charge in [0.2, 0.25) is 0 Å². The van der Waals surface area contributed by atoms with Crippen LogP contribution in [-0.4, -0.2) is 21.2 Å². The fourth-order valence-electron chi connectivity index (χ4n) is 2.35. The molecule has 25 heavy (non-hydrogen) atoms. The summed E-state index contributed by atoms with van der Waals surface area (Å²) in [5, 5.41) is 5.55. The molecule has 0 radical (unpaired) electrons. The zero-order chi connectivity index (χ0) is 17.8. The normalized spacial score (nSPS) is 13.2. The van der Waals surface area contributed by atoms with Gasteiger partial charge in [-0.05, 0) is 42.0 Å². The molecule has 2 unspecified atom stereocenters. The fraction of sp³-hybridized carbons (Fsp3) is 0.111. The first-order valence-corrected chi connectivity index (χ1v) is 9.87. The number of thiazole rings is 1. The van der Waals surface area contributed by atoms with E-state index in [1.807, 2.05) is 5.38 Å². The number of hydrogen-bond donors (Lipinski definition) is 1. The Kier molecular flexibility index (Phi) is 5.35. The van der Waals surface area contributed by atoms with Crippen LogP contribution in [0.1, 0.15) is 22.0 Å². The Morgan fingerprint density at radius 3 is 2.40 bits per heavy atom. The van der Waals surface area contributed by atoms with Crippen molar-refractivity contribution in [2.75, 3.05) is 11.6 Å². The minimum absolute atomic E-state index is 0.194. The van der Waals surface area contributed by atoms with E-state index in [2.05, 4.69) is 10.3 Å². The van der Waals surface area contributed by atoms with Crippen LogP contribution in [0.2, 0.25) is 0 Å². The lowest BCUT2D eigenvalue weighted by Gasteiger charge is -2.18. The average molecular weight is 374 g/mol. The molecular formula is C18H15FN2O2S2. The topological polar surface area (TPSA) is 59.1 Å². The van der Waals surface area contributed by atoms with Gasteiger partial charge in [0.25, 0.3) is 0 Å². The van der Waals surface area contributed by atoms with E-state index < -0.39 is 22.7 Å². The van der Waals surface area contributed by atoms with Gasteiger partial charge in [-0.1, -0.05) is 12.1 Å². The molecule has 128 valence electrons. The van der Waals surface area contributed by atoms with Crippen LogP contribution in [-0.2, 0) is 10.8 Å². The zero-order valence-electron chi connectivity index (χ0n) is 13.3. The molecule has 0 fully saturated rings. The van der Waals surface area contributed by atoms with Crippen LogP contribution in [0.15, 0.2) is 65.0 Å². The Balaban J connectivity index is 1.95. The molecule has 2 aromatic carbocycles. The SMILES string of the molecule is CS(=O)c1ccc(C(Nc2nccs2)C(=O)c2ccc(F)cc2)cc1. The molecule has 1 aromatic heterocycles. The molecule has 0 spiro atoms. The molecule has 0 saturated heterocycles. The van der Waals surface area contributed by atoms with Crippen LogP contribution in [0, 0.1) is 5.82 Å². The van der Waals surface area contributed by atoms with Gasteiger partial charge in [0.05, 0.1) is 0 Å². The number of carbonyl (C=O) groups excluding carboxylic acids is 1. The van der Waals surface area contributed by atoms with Gasteiger partial charge in [0.1, 0.15) is 11.9 Å². The predicted octanol–water partition coefficient (Wildman–Crippen LogP) is 4.06. The van der Waals surface area contributed by atoms with Crippen LogP contribution in [0.4, 0.5) is 9.52 Å². The lowest BCUT2D eigenvalue weighted by atomic mass is 9.97. The first kappa shape index (κ1) is 17.4. The zero-order valence-corrected chi connectivity index (χ0v) is 14.9. The number of ketones is 1. The molecule has 3 rings (SSSR count). The lowest BCUT2D eigenvalue weighted by molar-refractivity contribution is 0.0969. The minimum atomic E-state index is -1.09. The molecule has 0 aliphatic heterocycles. The summed E-state index contributed by atoms with van der Waals surface area (Å²) in [7, 11) is -1.09. The van der Waals surface area contributed by atoms with E-state index in [1.54, 1.807) is 36.7 Å². The number of aromatic nitrogens is 1. The van der Waals surface area contributed by atoms with Gasteiger partial charge >= 0.3 is 0 Å². The Morgan fingerprint density at radius 2 is 1.84 bits per heavy atom. The number of nitrogens with zero attached hydrogens (tertiary/aromatic N) is 1. The van der Waals surface area contributed by atoms with Gasteiger partial charge in [0.15, 0.2) is 10.9 Å². The van der Waals surface area contributed by atoms with Gasteiger partial charge in [-0.25, -0.2) is 9.37 Å². The first-order chi connectivity index (χ1) is 12.0. The lowest BCUT2D eigenvalue weighted by Crippen LogP contribution is -2.21. The molecule has 2 atom stereocenters. The Morgan fingerprint density at radius 1 is 1.16 bits per heavy atom. The highest BCUT2D eigenvalue weighted by Crippen LogP contribution is 2.26. The summed E-state index contributed by atoms with van der Waals surface area (Å²) in [6.45, 7) is 0. The van der Waals surface area contributed by atoms with Crippen molar-refractivity contribution in [1.82, 2.24) is 4.98 Å². The summed E-state index contributed by atoms with van der Waals surface area (Å²) >= 11 is 1.39. The minimum Gasteiger partial charge on any atom is -0.347 e. The molecule has 4 nitrogen and oxygen atoms in total. The van der Waals surface area contributed by atoms with Gasteiger partial charge in [-0.15, -0.1) is 11.3 Å². The highest BCUT2D eigenvalue weighted by molar-refractivity contribution is 7.84. The summed E-state index contributed by atoms with van der Waals surface area (Å²) in [6, 6.07) is 11.8. The van der Waals surface area contributed by atoms with Crippen molar-refractivity contribution >= 4 is 33.1 Å². The quantitative estimate of drug-likeness (QED) is 0.661. The molecule has 3 aromatic rings. The predicted molar refractivity (Wildman–Crippen MR) is 98.0 cm³/mol. The Bertz CT molecular complexity index is 878. The van der Waals surface area contributed by atoms with E-state index >= 15 is 0 Å². The van der Waals surface area contributed by atoms with E-state index in [-0.39, 0.29) is 5.78 Å². The molecule has 0 amide bonds. The number of Topliss-reactive ketones (excluding diaryl/α,β-unsaturated/α-hetero) is 1. The summed E-state index contributed by atoms with van der Waals surface area (Å²) in [6.07, 6.45) is 3.25. The van der Waals surface area contributed by atoms with Crippen molar-refractivity contribution in [3.63, 3.8) is 0 Å². The largest absolute Gasteiger partial charge is 0.347 e. The van der Waals surface area contributed by atoms with Crippen LogP contribution in [0.5, 0.6) is 0 Å². The molecule has 1 heterocycles. The van der Waals surface area contributed by atoms with E-state index in [4.69, 9.17) is 0 Å². The number of nitrogens with one attached hydrogen (secondary N) is 1. The average Bonchev–Trinajstić information content (AvgIpc) is 3.13. The van der Waals surface area contributed by atoms with E-state index in [0.29, 0.717) is 15.6 Å². The maximum Gasteiger partial charge on any atom is 0.189 e. The van der Waals surface area contributed by atoms with Gasteiger partial charge in [-0.3, -0.25) is 9.00 Å². The highest BCUT2D eigenvalue weighted by Gasteiger charge is 2.23. The molecular weight excluding hydrogens is 359 g/mol. The Hall–Kier alpha value is -2.38. The highest BCUT2D eigenvalue weighted by atomic mass is 32.2. The molecule has 0 saturated carbocycles. The maximum absolute atomic E-state index is 13.1. The third-order valence-electron chi connectivity index (χ3n) is 3.64. The van der Waals surface area contributed by atoms with Crippen LogP contribution >= 0.6 is 11.3 Å². The fourth-order valence-corrected chi connectivity index (χ4v) is 3.43. The van der Waals surface area contributed by atoms with Crippen molar-refractivity contribution in [3.05, 3.63) is 77.1 Å². The molecule has 0 aliphatic rings. The number of benzene rings is 2. The summed E-state index contributed by atoms with van der Waals surface area (Å²) in [4.78, 5) is 17.8. The number of carbonyl (C=O) groups is 1. The molecule has 7 heteroatoms. The van der Waals surface area contributed by atoms with E-state index in [0.717, 1.165) is 5.56 Å². The Labute approximate surface area is 151 Å². The number of hydrogen-bond acceptors (Lipinski definition) is 5. The van der Waals surface area contributed by atoms with Crippen molar-refractivity contribution in [3.8, 4) is 0 Å². The second kappa shape index (κ2) is 7.67. The van der Waals surface area contributed by atoms with E-state index in [9.17, 15) is 13.4 Å². The summed E-state index contributed by atoms with van der Waals surface area (Å²) < 4.78 is 24.7. The second-order valence-electron chi connectivity index (χ2n) is 5.31. The summed E-state index contributed by atoms with van der Waals surface area (Å²) in [5.74, 6) is -0.587. The van der Waals surface area contributed by atoms with Gasteiger partial charge in [-0.2, -0.15) is 0 Å². The standard InChI is InChI=1S/C18H15FN2O2S2/c1-25(23)15-8-4-12(5-9-15)16(21-18-20-10-11-24-18)17(22)13-2-6-14(19)7-3-13/h2-11,16H,1H3,(H,20,21). The van der Waals surface area contributed by atoms with Crippen LogP contribution < -0.4 is 5.32 Å². The first-order valence-electron chi connectivity index (χ1n) is 7.44. The smallest absolute Gasteiger partial charge is 0.189 e. The van der Waals surface area contributed by atoms with Crippen LogP contribution in [0.25, 0.3) is 0 Å². The van der Waals surface area contributed by atoms with E-state index in [1.165, 1.54) is 35.6 Å². The molecule has 0 bridgehead atoms. The number of rotatable bonds is 6. The van der Waals surface area contributed by atoms with Crippen molar-refractivity contribution in [2.45, 2.75) is 10.9 Å². The molecule has 1 N–H and O–H groups in total. The van der Waals surface area contributed by atoms with Crippen LogP contribution in [0.3, 0.4) is 0 Å².